The van der Waals surface area contributed by atoms with Gasteiger partial charge in [-0.1, -0.05) is 11.6 Å². The van der Waals surface area contributed by atoms with Gasteiger partial charge in [-0.3, -0.25) is 0 Å². The third kappa shape index (κ3) is 4.51. The first-order valence-electron chi connectivity index (χ1n) is 6.73. The van der Waals surface area contributed by atoms with E-state index in [-0.39, 0.29) is 13.0 Å². The van der Waals surface area contributed by atoms with Crippen LogP contribution in [0, 0.1) is 0 Å². The molecular weight excluding hydrogens is 340 g/mol. The first-order chi connectivity index (χ1) is 10.6. The molecule has 0 saturated carbocycles. The molecule has 1 unspecified atom stereocenters. The minimum atomic E-state index is -2.49. The van der Waals surface area contributed by atoms with Crippen molar-refractivity contribution >= 4 is 23.5 Å². The zero-order chi connectivity index (χ0) is 17.8. The predicted molar refractivity (Wildman–Crippen MR) is 72.8 cm³/mol. The molecule has 1 aliphatic rings. The normalized spacial score (nSPS) is 31.8. The summed E-state index contributed by atoms with van der Waals surface area (Å²) < 4.78 is 10.2. The van der Waals surface area contributed by atoms with Crippen LogP contribution in [-0.2, 0) is 19.1 Å². The number of aliphatic hydroxyl groups excluding tert-OH is 4. The van der Waals surface area contributed by atoms with Crippen molar-refractivity contribution < 1.29 is 49.7 Å². The molecule has 0 aromatic heterocycles. The molecule has 10 nitrogen and oxygen atoms in total. The van der Waals surface area contributed by atoms with Crippen LogP contribution in [0.15, 0.2) is 0 Å². The lowest BCUT2D eigenvalue weighted by atomic mass is 9.99. The molecule has 5 atom stereocenters. The third-order valence-corrected chi connectivity index (χ3v) is 3.99. The van der Waals surface area contributed by atoms with Gasteiger partial charge in [0.15, 0.2) is 6.29 Å². The lowest BCUT2D eigenvalue weighted by Gasteiger charge is -2.39. The van der Waals surface area contributed by atoms with E-state index in [1.54, 1.807) is 0 Å². The molecule has 1 aliphatic heterocycles. The number of carbonyl (C=O) groups is 2. The van der Waals surface area contributed by atoms with Gasteiger partial charge in [-0.2, -0.15) is 0 Å². The van der Waals surface area contributed by atoms with E-state index in [2.05, 4.69) is 0 Å². The van der Waals surface area contributed by atoms with Crippen LogP contribution in [0.5, 0.6) is 0 Å². The summed E-state index contributed by atoms with van der Waals surface area (Å²) in [6.45, 7) is -0.842. The average Bonchev–Trinajstić information content (AvgIpc) is 2.50. The minimum absolute atomic E-state index is 0.0862. The van der Waals surface area contributed by atoms with Gasteiger partial charge in [-0.15, -0.1) is 0 Å². The van der Waals surface area contributed by atoms with Gasteiger partial charge in [0.1, 0.15) is 24.4 Å². The summed E-state index contributed by atoms with van der Waals surface area (Å²) in [7, 11) is 0. The van der Waals surface area contributed by atoms with Crippen molar-refractivity contribution in [3.05, 3.63) is 0 Å². The molecule has 0 aromatic rings. The number of rotatable bonds is 8. The molecule has 1 heterocycles. The Balaban J connectivity index is 2.52. The number of carboxylic acid groups (broad SMARTS) is 2. The van der Waals surface area contributed by atoms with E-state index >= 15 is 0 Å². The summed E-state index contributed by atoms with van der Waals surface area (Å²) in [5, 5.41) is 55.5. The third-order valence-electron chi connectivity index (χ3n) is 3.47. The van der Waals surface area contributed by atoms with Crippen LogP contribution in [0.3, 0.4) is 0 Å². The fraction of sp³-hybridized carbons (Fsp3) is 0.833. The highest BCUT2D eigenvalue weighted by molar-refractivity contribution is 6.44. The molecule has 0 aromatic carbocycles. The number of aliphatic carboxylic acids is 2. The predicted octanol–water partition coefficient (Wildman–Crippen LogP) is -2.27. The van der Waals surface area contributed by atoms with E-state index in [4.69, 9.17) is 36.4 Å². The highest BCUT2D eigenvalue weighted by Gasteiger charge is 2.45. The Morgan fingerprint density at radius 3 is 2.13 bits per heavy atom. The Labute approximate surface area is 135 Å². The number of halogens is 1. The molecule has 134 valence electrons. The van der Waals surface area contributed by atoms with Gasteiger partial charge in [0, 0.05) is 6.61 Å². The second kappa shape index (κ2) is 8.20. The zero-order valence-electron chi connectivity index (χ0n) is 11.9. The fourth-order valence-electron chi connectivity index (χ4n) is 2.03. The second-order valence-corrected chi connectivity index (χ2v) is 5.73. The Morgan fingerprint density at radius 2 is 1.65 bits per heavy atom. The lowest BCUT2D eigenvalue weighted by Crippen LogP contribution is -2.59. The number of alkyl halides is 1. The van der Waals surface area contributed by atoms with Crippen LogP contribution < -0.4 is 0 Å². The quantitative estimate of drug-likeness (QED) is 0.158. The molecular formula is C12H19ClO10. The van der Waals surface area contributed by atoms with Crippen LogP contribution in [0.2, 0.25) is 0 Å². The average molecular weight is 359 g/mol. The van der Waals surface area contributed by atoms with E-state index in [1.165, 1.54) is 0 Å². The van der Waals surface area contributed by atoms with E-state index in [1.807, 2.05) is 0 Å². The first-order valence-corrected chi connectivity index (χ1v) is 7.10. The van der Waals surface area contributed by atoms with Gasteiger partial charge >= 0.3 is 11.9 Å². The topological polar surface area (TPSA) is 174 Å². The molecule has 11 heteroatoms. The second-order valence-electron chi connectivity index (χ2n) is 5.08. The Kier molecular flexibility index (Phi) is 7.14. The van der Waals surface area contributed by atoms with Crippen LogP contribution in [0.1, 0.15) is 12.8 Å². The van der Waals surface area contributed by atoms with Crippen LogP contribution in [0.4, 0.5) is 0 Å². The van der Waals surface area contributed by atoms with Crippen molar-refractivity contribution in [1.29, 1.82) is 0 Å². The molecule has 0 spiro atoms. The maximum atomic E-state index is 10.9. The van der Waals surface area contributed by atoms with E-state index in [9.17, 15) is 24.9 Å². The molecule has 1 saturated heterocycles. The maximum Gasteiger partial charge on any atom is 0.336 e. The van der Waals surface area contributed by atoms with Crippen LogP contribution in [0.25, 0.3) is 0 Å². The van der Waals surface area contributed by atoms with Gasteiger partial charge < -0.3 is 40.1 Å². The lowest BCUT2D eigenvalue weighted by molar-refractivity contribution is -0.301. The van der Waals surface area contributed by atoms with Crippen molar-refractivity contribution in [3.63, 3.8) is 0 Å². The highest BCUT2D eigenvalue weighted by Crippen LogP contribution is 2.25. The van der Waals surface area contributed by atoms with Crippen LogP contribution >= 0.6 is 11.6 Å². The zero-order valence-corrected chi connectivity index (χ0v) is 12.7. The summed E-state index contributed by atoms with van der Waals surface area (Å²) in [5.41, 5.74) is 0. The van der Waals surface area contributed by atoms with E-state index < -0.39 is 60.5 Å². The number of hydrogen-bond acceptors (Lipinski definition) is 8. The first kappa shape index (κ1) is 20.0. The minimum Gasteiger partial charge on any atom is -0.479 e. The van der Waals surface area contributed by atoms with Crippen molar-refractivity contribution in [2.24, 2.45) is 0 Å². The van der Waals surface area contributed by atoms with Gasteiger partial charge in [-0.25, -0.2) is 9.59 Å². The van der Waals surface area contributed by atoms with Crippen LogP contribution in [-0.4, -0.2) is 91.4 Å². The van der Waals surface area contributed by atoms with Crippen molar-refractivity contribution in [1.82, 2.24) is 0 Å². The monoisotopic (exact) mass is 358 g/mol. The fourth-order valence-corrected chi connectivity index (χ4v) is 2.16. The van der Waals surface area contributed by atoms with Gasteiger partial charge in [0.25, 0.3) is 0 Å². The molecule has 1 fully saturated rings. The Morgan fingerprint density at radius 1 is 1.09 bits per heavy atom. The molecule has 0 bridgehead atoms. The number of carboxylic acids is 2. The molecule has 1 rings (SSSR count). The number of hydrogen-bond donors (Lipinski definition) is 6. The highest BCUT2D eigenvalue weighted by atomic mass is 35.5. The summed E-state index contributed by atoms with van der Waals surface area (Å²) in [6.07, 6.45) is -7.75. The standard InChI is InChI=1S/C12H19ClO10/c13-12(10(18)19,11(20)21)2-1-3-22-9-8(17)7(16)6(15)5(4-14)23-9/h5-9,14-17H,1-4H2,(H,18,19)(H,20,21)/t5-,6-,7+,8-,9?/m1/s1. The molecule has 0 amide bonds. The Bertz CT molecular complexity index is 414. The molecule has 23 heavy (non-hydrogen) atoms. The summed E-state index contributed by atoms with van der Waals surface area (Å²) >= 11 is 5.51. The van der Waals surface area contributed by atoms with Crippen molar-refractivity contribution in [2.45, 2.75) is 48.4 Å². The largest absolute Gasteiger partial charge is 0.479 e. The molecule has 0 radical (unpaired) electrons. The Hall–Kier alpha value is -1.01. The van der Waals surface area contributed by atoms with Gasteiger partial charge in [0.2, 0.25) is 4.87 Å². The molecule has 0 aliphatic carbocycles. The smallest absolute Gasteiger partial charge is 0.336 e. The van der Waals surface area contributed by atoms with E-state index in [0.29, 0.717) is 0 Å². The maximum absolute atomic E-state index is 10.9. The van der Waals surface area contributed by atoms with Crippen molar-refractivity contribution in [3.8, 4) is 0 Å². The SMILES string of the molecule is O=C(O)C(Cl)(CCCOC1O[C@H](CO)[C@@H](O)[C@H](O)[C@H]1O)C(=O)O. The van der Waals surface area contributed by atoms with Crippen molar-refractivity contribution in [2.75, 3.05) is 13.2 Å². The summed E-state index contributed by atoms with van der Waals surface area (Å²) in [6, 6.07) is 0. The summed E-state index contributed by atoms with van der Waals surface area (Å²) in [5.74, 6) is -3.42. The number of ether oxygens (including phenoxy) is 2. The van der Waals surface area contributed by atoms with E-state index in [0.717, 1.165) is 0 Å². The number of aliphatic hydroxyl groups is 4. The molecule has 6 N–H and O–H groups in total. The van der Waals surface area contributed by atoms with Gasteiger partial charge in [0.05, 0.1) is 6.61 Å². The van der Waals surface area contributed by atoms with Gasteiger partial charge in [-0.05, 0) is 12.8 Å². The summed E-state index contributed by atoms with van der Waals surface area (Å²) in [4.78, 5) is 19.2.